The first-order chi connectivity index (χ1) is 33.0. The van der Waals surface area contributed by atoms with Gasteiger partial charge in [0.25, 0.3) is 0 Å². The van der Waals surface area contributed by atoms with E-state index >= 15 is 0 Å². The summed E-state index contributed by atoms with van der Waals surface area (Å²) in [6.45, 7) is 4.72. The lowest BCUT2D eigenvalue weighted by atomic mass is 9.82. The molecule has 0 fully saturated rings. The highest BCUT2D eigenvalue weighted by molar-refractivity contribution is 6.12. The second-order valence-corrected chi connectivity index (χ2v) is 18.5. The Morgan fingerprint density at radius 2 is 0.851 bits per heavy atom. The van der Waals surface area contributed by atoms with Crippen LogP contribution >= 0.6 is 0 Å². The Balaban J connectivity index is 0.879. The summed E-state index contributed by atoms with van der Waals surface area (Å²) < 4.78 is 2.43. The maximum atomic E-state index is 2.43. The van der Waals surface area contributed by atoms with E-state index in [9.17, 15) is 0 Å². The second kappa shape index (κ2) is 15.3. The first kappa shape index (κ1) is 39.0. The average Bonchev–Trinajstić information content (AvgIpc) is 3.83. The van der Waals surface area contributed by atoms with Gasteiger partial charge in [-0.1, -0.05) is 196 Å². The van der Waals surface area contributed by atoms with Crippen LogP contribution < -0.4 is 4.90 Å². The summed E-state index contributed by atoms with van der Waals surface area (Å²) >= 11 is 0. The fourth-order valence-electron chi connectivity index (χ4n) is 11.0. The van der Waals surface area contributed by atoms with Crippen LogP contribution in [0, 0.1) is 0 Å². The number of rotatable bonds is 7. The zero-order valence-electron chi connectivity index (χ0n) is 37.5. The van der Waals surface area contributed by atoms with Crippen molar-refractivity contribution in [1.82, 2.24) is 4.57 Å². The number of benzene rings is 11. The van der Waals surface area contributed by atoms with Crippen molar-refractivity contribution in [3.63, 3.8) is 0 Å². The second-order valence-electron chi connectivity index (χ2n) is 18.5. The maximum absolute atomic E-state index is 2.43. The van der Waals surface area contributed by atoms with Crippen LogP contribution in [0.2, 0.25) is 0 Å². The molecule has 1 aliphatic rings. The van der Waals surface area contributed by atoms with Gasteiger partial charge in [-0.05, 0) is 132 Å². The molecule has 0 spiro atoms. The van der Waals surface area contributed by atoms with E-state index in [0.717, 1.165) is 17.1 Å². The predicted octanol–water partition coefficient (Wildman–Crippen LogP) is 17.9. The first-order valence-electron chi connectivity index (χ1n) is 23.3. The molecule has 0 amide bonds. The van der Waals surface area contributed by atoms with Crippen molar-refractivity contribution in [2.75, 3.05) is 4.90 Å². The highest BCUT2D eigenvalue weighted by Crippen LogP contribution is 2.51. The summed E-state index contributed by atoms with van der Waals surface area (Å²) in [6.07, 6.45) is 0. The lowest BCUT2D eigenvalue weighted by Gasteiger charge is -2.28. The molecule has 1 aromatic heterocycles. The molecular weight excluding hydrogens is 809 g/mol. The van der Waals surface area contributed by atoms with Crippen molar-refractivity contribution in [1.29, 1.82) is 0 Å². The number of nitrogens with zero attached hydrogens (tertiary/aromatic N) is 2. The molecule has 0 unspecified atom stereocenters. The summed E-state index contributed by atoms with van der Waals surface area (Å²) in [5, 5.41) is 7.51. The van der Waals surface area contributed by atoms with Gasteiger partial charge in [-0.25, -0.2) is 0 Å². The van der Waals surface area contributed by atoms with Gasteiger partial charge in [-0.3, -0.25) is 0 Å². The van der Waals surface area contributed by atoms with Gasteiger partial charge in [0, 0.05) is 38.6 Å². The van der Waals surface area contributed by atoms with Crippen molar-refractivity contribution >= 4 is 60.4 Å². The molecule has 12 aromatic rings. The van der Waals surface area contributed by atoms with Crippen molar-refractivity contribution in [2.45, 2.75) is 19.3 Å². The molecule has 0 saturated carbocycles. The van der Waals surface area contributed by atoms with Gasteiger partial charge in [0.15, 0.2) is 0 Å². The summed E-state index contributed by atoms with van der Waals surface area (Å²) in [4.78, 5) is 2.42. The third-order valence-corrected chi connectivity index (χ3v) is 14.4. The lowest BCUT2D eigenvalue weighted by molar-refractivity contribution is 0.660. The molecule has 1 heterocycles. The number of para-hydroxylation sites is 1. The van der Waals surface area contributed by atoms with Crippen LogP contribution in [0.15, 0.2) is 243 Å². The van der Waals surface area contributed by atoms with Crippen molar-refractivity contribution < 1.29 is 0 Å². The molecule has 67 heavy (non-hydrogen) atoms. The predicted molar refractivity (Wildman–Crippen MR) is 284 cm³/mol. The summed E-state index contributed by atoms with van der Waals surface area (Å²) in [5.41, 5.74) is 19.4. The first-order valence-corrected chi connectivity index (χ1v) is 23.3. The number of anilines is 3. The minimum absolute atomic E-state index is 0.117. The van der Waals surface area contributed by atoms with Crippen LogP contribution in [0.1, 0.15) is 25.0 Å². The largest absolute Gasteiger partial charge is 0.310 e. The fourth-order valence-corrected chi connectivity index (χ4v) is 11.0. The highest BCUT2D eigenvalue weighted by Gasteiger charge is 2.35. The van der Waals surface area contributed by atoms with Crippen molar-refractivity contribution in [2.24, 2.45) is 0 Å². The smallest absolute Gasteiger partial charge is 0.0541 e. The summed E-state index contributed by atoms with van der Waals surface area (Å²) in [5.74, 6) is 0. The number of hydrogen-bond donors (Lipinski definition) is 0. The van der Waals surface area contributed by atoms with Crippen LogP contribution in [-0.2, 0) is 5.41 Å². The van der Waals surface area contributed by atoms with E-state index in [1.54, 1.807) is 0 Å². The SMILES string of the molecule is CC1(C)c2ccccc2-c2ccc(N(c3ccc(-c4cccc5ccccc45)cc3)c3cccc(-c4ccc(-c5ccc6c(c5)c5ccccc5n6-c5cccc6ccccc56)cc4)c3)cc21. The topological polar surface area (TPSA) is 8.17 Å². The molecule has 1 aliphatic carbocycles. The number of hydrogen-bond acceptors (Lipinski definition) is 1. The Kier molecular flexibility index (Phi) is 8.91. The normalized spacial score (nSPS) is 12.7. The molecule has 11 aromatic carbocycles. The molecule has 0 N–H and O–H groups in total. The van der Waals surface area contributed by atoms with Crippen LogP contribution in [0.5, 0.6) is 0 Å². The van der Waals surface area contributed by atoms with E-state index in [4.69, 9.17) is 0 Å². The third kappa shape index (κ3) is 6.32. The van der Waals surface area contributed by atoms with Crippen molar-refractivity contribution in [3.8, 4) is 50.2 Å². The molecule has 0 atom stereocenters. The molecule has 2 nitrogen and oxygen atoms in total. The van der Waals surface area contributed by atoms with Crippen LogP contribution in [-0.4, -0.2) is 4.57 Å². The van der Waals surface area contributed by atoms with E-state index in [0.29, 0.717) is 0 Å². The Bertz CT molecular complexity index is 3880. The molecule has 0 bridgehead atoms. The maximum Gasteiger partial charge on any atom is 0.0541 e. The van der Waals surface area contributed by atoms with Gasteiger partial charge in [-0.2, -0.15) is 0 Å². The number of aromatic nitrogens is 1. The Morgan fingerprint density at radius 3 is 1.66 bits per heavy atom. The molecule has 0 aliphatic heterocycles. The van der Waals surface area contributed by atoms with E-state index in [-0.39, 0.29) is 5.41 Å². The van der Waals surface area contributed by atoms with Gasteiger partial charge < -0.3 is 9.47 Å². The highest BCUT2D eigenvalue weighted by atomic mass is 15.1. The van der Waals surface area contributed by atoms with Gasteiger partial charge in [-0.15, -0.1) is 0 Å². The summed E-state index contributed by atoms with van der Waals surface area (Å²) in [7, 11) is 0. The molecule has 13 rings (SSSR count). The van der Waals surface area contributed by atoms with Gasteiger partial charge in [0.2, 0.25) is 0 Å². The van der Waals surface area contributed by atoms with Gasteiger partial charge in [0.1, 0.15) is 0 Å². The molecule has 0 radical (unpaired) electrons. The zero-order chi connectivity index (χ0) is 44.6. The number of fused-ring (bicyclic) bond motifs is 8. The van der Waals surface area contributed by atoms with Crippen molar-refractivity contribution in [3.05, 3.63) is 254 Å². The Hall–Kier alpha value is -8.46. The monoisotopic (exact) mass is 854 g/mol. The standard InChI is InChI=1S/C65H46N2/c1-65(2)60-25-9-7-22-56(60)57-38-37-52(42-61(57)65)66(50-35-32-47(33-36-50)54-24-12-16-45-14-3-5-20-53(45)54)51-19-11-18-48(40-51)43-28-30-44(31-29-43)49-34-39-64-59(41-49)58-23-8-10-26-63(58)67(64)62-27-13-17-46-15-4-6-21-55(46)62/h3-42H,1-2H3. The summed E-state index contributed by atoms with van der Waals surface area (Å²) in [6, 6.07) is 89.4. The lowest BCUT2D eigenvalue weighted by Crippen LogP contribution is -2.16. The fraction of sp³-hybridized carbons (Fsp3) is 0.0462. The third-order valence-electron chi connectivity index (χ3n) is 14.4. The van der Waals surface area contributed by atoms with E-state index in [1.165, 1.54) is 105 Å². The molecule has 316 valence electrons. The van der Waals surface area contributed by atoms with Gasteiger partial charge >= 0.3 is 0 Å². The van der Waals surface area contributed by atoms with Crippen LogP contribution in [0.4, 0.5) is 17.1 Å². The average molecular weight is 855 g/mol. The van der Waals surface area contributed by atoms with Crippen LogP contribution in [0.25, 0.3) is 93.5 Å². The quantitative estimate of drug-likeness (QED) is 0.155. The van der Waals surface area contributed by atoms with Gasteiger partial charge in [0.05, 0.1) is 16.7 Å². The molecular formula is C65H46N2. The van der Waals surface area contributed by atoms with Crippen LogP contribution in [0.3, 0.4) is 0 Å². The van der Waals surface area contributed by atoms with E-state index < -0.39 is 0 Å². The molecule has 0 saturated heterocycles. The minimum Gasteiger partial charge on any atom is -0.310 e. The Morgan fingerprint density at radius 1 is 0.313 bits per heavy atom. The van der Waals surface area contributed by atoms with E-state index in [2.05, 4.69) is 266 Å². The molecule has 2 heteroatoms. The van der Waals surface area contributed by atoms with E-state index in [1.807, 2.05) is 0 Å². The zero-order valence-corrected chi connectivity index (χ0v) is 37.5. The Labute approximate surface area is 391 Å². The minimum atomic E-state index is -0.117.